The van der Waals surface area contributed by atoms with Crippen molar-refractivity contribution in [2.75, 3.05) is 26.2 Å². The van der Waals surface area contributed by atoms with Gasteiger partial charge in [-0.1, -0.05) is 6.42 Å². The summed E-state index contributed by atoms with van der Waals surface area (Å²) in [6.45, 7) is 4.09. The highest BCUT2D eigenvalue weighted by atomic mass is 16.5. The number of aromatic hydroxyl groups is 1. The monoisotopic (exact) mass is 317 g/mol. The number of unbranched alkanes of at least 4 members (excludes halogenated alkanes) is 1. The maximum Gasteiger partial charge on any atom is 0.336 e. The van der Waals surface area contributed by atoms with Crippen molar-refractivity contribution in [3.8, 4) is 11.5 Å². The highest BCUT2D eigenvalue weighted by molar-refractivity contribution is 5.80. The molecule has 0 amide bonds. The molecule has 1 fully saturated rings. The molecule has 124 valence electrons. The summed E-state index contributed by atoms with van der Waals surface area (Å²) in [6, 6.07) is 6.10. The highest BCUT2D eigenvalue weighted by Crippen LogP contribution is 2.30. The molecule has 3 rings (SSSR count). The minimum Gasteiger partial charge on any atom is -0.504 e. The van der Waals surface area contributed by atoms with Crippen LogP contribution in [-0.4, -0.2) is 36.2 Å². The molecule has 5 heteroatoms. The Morgan fingerprint density at radius 1 is 1.13 bits per heavy atom. The quantitative estimate of drug-likeness (QED) is 0.655. The van der Waals surface area contributed by atoms with Gasteiger partial charge in [-0.15, -0.1) is 0 Å². The summed E-state index contributed by atoms with van der Waals surface area (Å²) in [6.07, 6.45) is 6.01. The van der Waals surface area contributed by atoms with Crippen molar-refractivity contribution in [2.45, 2.75) is 32.1 Å². The molecule has 2 aromatic rings. The van der Waals surface area contributed by atoms with Gasteiger partial charge in [-0.2, -0.15) is 0 Å². The minimum atomic E-state index is -0.407. The van der Waals surface area contributed by atoms with Gasteiger partial charge < -0.3 is 19.2 Å². The Bertz CT molecular complexity index is 704. The summed E-state index contributed by atoms with van der Waals surface area (Å²) >= 11 is 0. The lowest BCUT2D eigenvalue weighted by Gasteiger charge is -2.26. The van der Waals surface area contributed by atoms with E-state index in [9.17, 15) is 9.90 Å². The average molecular weight is 317 g/mol. The summed E-state index contributed by atoms with van der Waals surface area (Å²) < 4.78 is 10.8. The van der Waals surface area contributed by atoms with Gasteiger partial charge in [-0.05, 0) is 57.5 Å². The fraction of sp³-hybridized carbons (Fsp3) is 0.500. The first-order valence-electron chi connectivity index (χ1n) is 8.34. The third-order valence-electron chi connectivity index (χ3n) is 4.28. The number of likely N-dealkylation sites (tertiary alicyclic amines) is 1. The van der Waals surface area contributed by atoms with E-state index in [2.05, 4.69) is 4.90 Å². The predicted molar refractivity (Wildman–Crippen MR) is 89.2 cm³/mol. The van der Waals surface area contributed by atoms with Crippen LogP contribution in [-0.2, 0) is 0 Å². The van der Waals surface area contributed by atoms with E-state index in [1.54, 1.807) is 18.2 Å². The van der Waals surface area contributed by atoms with E-state index in [4.69, 9.17) is 9.15 Å². The molecule has 0 aliphatic carbocycles. The van der Waals surface area contributed by atoms with Gasteiger partial charge in [-0.25, -0.2) is 4.79 Å². The number of piperidine rings is 1. The van der Waals surface area contributed by atoms with Gasteiger partial charge in [0.15, 0.2) is 11.5 Å². The van der Waals surface area contributed by atoms with Crippen molar-refractivity contribution < 1.29 is 14.3 Å². The van der Waals surface area contributed by atoms with E-state index in [0.29, 0.717) is 23.3 Å². The van der Waals surface area contributed by atoms with Crippen LogP contribution >= 0.6 is 0 Å². The number of nitrogens with zero attached hydrogens (tertiary/aromatic N) is 1. The van der Waals surface area contributed by atoms with Crippen molar-refractivity contribution >= 4 is 11.0 Å². The first kappa shape index (κ1) is 15.9. The average Bonchev–Trinajstić information content (AvgIpc) is 2.56. The maximum atomic E-state index is 11.3. The minimum absolute atomic E-state index is 0.0716. The van der Waals surface area contributed by atoms with Gasteiger partial charge in [0, 0.05) is 17.5 Å². The van der Waals surface area contributed by atoms with Crippen molar-refractivity contribution in [3.05, 3.63) is 34.7 Å². The van der Waals surface area contributed by atoms with Gasteiger partial charge in [0.2, 0.25) is 0 Å². The van der Waals surface area contributed by atoms with E-state index >= 15 is 0 Å². The highest BCUT2D eigenvalue weighted by Gasteiger charge is 2.10. The molecule has 0 unspecified atom stereocenters. The second kappa shape index (κ2) is 7.51. The van der Waals surface area contributed by atoms with E-state index < -0.39 is 5.63 Å². The normalized spacial score (nSPS) is 15.8. The lowest BCUT2D eigenvalue weighted by Crippen LogP contribution is -2.30. The van der Waals surface area contributed by atoms with Crippen molar-refractivity contribution in [1.82, 2.24) is 4.90 Å². The lowest BCUT2D eigenvalue weighted by molar-refractivity contribution is 0.215. The van der Waals surface area contributed by atoms with Crippen LogP contribution in [0.3, 0.4) is 0 Å². The predicted octanol–water partition coefficient (Wildman–Crippen LogP) is 3.14. The molecular weight excluding hydrogens is 294 g/mol. The van der Waals surface area contributed by atoms with E-state index in [1.165, 1.54) is 38.4 Å². The van der Waals surface area contributed by atoms with Crippen molar-refractivity contribution in [2.24, 2.45) is 0 Å². The van der Waals surface area contributed by atoms with Crippen LogP contribution in [0.2, 0.25) is 0 Å². The number of hydrogen-bond acceptors (Lipinski definition) is 5. The second-order valence-electron chi connectivity index (χ2n) is 6.07. The Morgan fingerprint density at radius 2 is 1.96 bits per heavy atom. The zero-order chi connectivity index (χ0) is 16.1. The molecule has 1 saturated heterocycles. The Morgan fingerprint density at radius 3 is 2.78 bits per heavy atom. The summed E-state index contributed by atoms with van der Waals surface area (Å²) in [5, 5.41) is 10.7. The van der Waals surface area contributed by atoms with Crippen LogP contribution in [0.1, 0.15) is 32.1 Å². The molecule has 1 aromatic carbocycles. The van der Waals surface area contributed by atoms with Crippen molar-refractivity contribution in [3.63, 3.8) is 0 Å². The zero-order valence-electron chi connectivity index (χ0n) is 13.3. The number of rotatable bonds is 6. The van der Waals surface area contributed by atoms with E-state index in [1.807, 2.05) is 0 Å². The number of phenols is 1. The van der Waals surface area contributed by atoms with Gasteiger partial charge in [0.05, 0.1) is 6.61 Å². The number of benzene rings is 1. The molecule has 5 nitrogen and oxygen atoms in total. The Balaban J connectivity index is 1.50. The third-order valence-corrected chi connectivity index (χ3v) is 4.28. The molecule has 0 bridgehead atoms. The second-order valence-corrected chi connectivity index (χ2v) is 6.07. The largest absolute Gasteiger partial charge is 0.504 e. The molecule has 0 saturated carbocycles. The molecule has 0 radical (unpaired) electrons. The Kier molecular flexibility index (Phi) is 5.18. The fourth-order valence-electron chi connectivity index (χ4n) is 3.00. The molecule has 1 aliphatic heterocycles. The summed E-state index contributed by atoms with van der Waals surface area (Å²) in [4.78, 5) is 13.8. The summed E-state index contributed by atoms with van der Waals surface area (Å²) in [5.74, 6) is 0.437. The number of ether oxygens (including phenoxy) is 1. The first-order chi connectivity index (χ1) is 11.2. The van der Waals surface area contributed by atoms with Gasteiger partial charge in [-0.3, -0.25) is 0 Å². The smallest absolute Gasteiger partial charge is 0.336 e. The van der Waals surface area contributed by atoms with Crippen molar-refractivity contribution in [1.29, 1.82) is 0 Å². The van der Waals surface area contributed by atoms with E-state index in [0.717, 1.165) is 19.4 Å². The molecule has 1 N–H and O–H groups in total. The van der Waals surface area contributed by atoms with Crippen LogP contribution in [0, 0.1) is 0 Å². The van der Waals surface area contributed by atoms with Gasteiger partial charge in [0.25, 0.3) is 0 Å². The number of phenolic OH excluding ortho intramolecular Hbond substituents is 1. The maximum absolute atomic E-state index is 11.3. The number of hydrogen-bond donors (Lipinski definition) is 1. The zero-order valence-corrected chi connectivity index (χ0v) is 13.3. The summed E-state index contributed by atoms with van der Waals surface area (Å²) in [5.41, 5.74) is 0.0225. The van der Waals surface area contributed by atoms with Crippen LogP contribution in [0.25, 0.3) is 11.0 Å². The topological polar surface area (TPSA) is 62.9 Å². The first-order valence-corrected chi connectivity index (χ1v) is 8.34. The fourth-order valence-corrected chi connectivity index (χ4v) is 3.00. The Hall–Kier alpha value is -2.01. The molecule has 0 spiro atoms. The SMILES string of the molecule is O=c1ccc2cc(O)c(OCCCCN3CCCCC3)cc2o1. The molecule has 1 aliphatic rings. The van der Waals surface area contributed by atoms with Crippen LogP contribution in [0.5, 0.6) is 11.5 Å². The molecule has 2 heterocycles. The number of fused-ring (bicyclic) bond motifs is 1. The van der Waals surface area contributed by atoms with Gasteiger partial charge >= 0.3 is 5.63 Å². The van der Waals surface area contributed by atoms with Crippen LogP contribution < -0.4 is 10.4 Å². The molecule has 23 heavy (non-hydrogen) atoms. The third kappa shape index (κ3) is 4.26. The van der Waals surface area contributed by atoms with Gasteiger partial charge in [0.1, 0.15) is 5.58 Å². The molecule has 1 aromatic heterocycles. The molecule has 0 atom stereocenters. The standard InChI is InChI=1S/C18H23NO4/c20-15-12-14-6-7-18(21)23-16(14)13-17(15)22-11-5-4-10-19-8-2-1-3-9-19/h6-7,12-13,20H,1-5,8-11H2. The summed E-state index contributed by atoms with van der Waals surface area (Å²) in [7, 11) is 0. The molecular formula is C18H23NO4. The van der Waals surface area contributed by atoms with Crippen LogP contribution in [0.4, 0.5) is 0 Å². The lowest BCUT2D eigenvalue weighted by atomic mass is 10.1. The Labute approximate surface area is 135 Å². The van der Waals surface area contributed by atoms with Crippen LogP contribution in [0.15, 0.2) is 33.5 Å². The van der Waals surface area contributed by atoms with E-state index in [-0.39, 0.29) is 5.75 Å².